The van der Waals surface area contributed by atoms with Crippen molar-refractivity contribution in [1.82, 2.24) is 9.47 Å². The molecule has 196 valence electrons. The number of halogens is 1. The fourth-order valence-corrected chi connectivity index (χ4v) is 6.34. The maximum atomic E-state index is 13.1. The number of hydrogen-bond donors (Lipinski definition) is 0. The maximum Gasteiger partial charge on any atom is 0.294 e. The van der Waals surface area contributed by atoms with Gasteiger partial charge in [-0.25, -0.2) is 0 Å². The number of piperidine rings is 1. The standard InChI is InChI=1S/C28H27BrN4O4S/c1-18-14-21(15-26-27(34)31(28(35)38-26)17-20-8-4-5-9-23(20)29)19(2)32(18)22-10-11-24(25(16-22)33(36)37)30-12-6-3-7-13-30/h4-5,8-11,14-16H,3,6-7,12-13,17H2,1-2H3/b26-15-. The second-order valence-corrected chi connectivity index (χ2v) is 11.3. The number of benzene rings is 2. The average molecular weight is 596 g/mol. The van der Waals surface area contributed by atoms with Gasteiger partial charge in [0.25, 0.3) is 16.8 Å². The number of imide groups is 1. The highest BCUT2D eigenvalue weighted by Gasteiger charge is 2.35. The summed E-state index contributed by atoms with van der Waals surface area (Å²) < 4.78 is 2.79. The topological polar surface area (TPSA) is 88.7 Å². The molecule has 2 aromatic carbocycles. The monoisotopic (exact) mass is 594 g/mol. The van der Waals surface area contributed by atoms with Gasteiger partial charge in [-0.05, 0) is 86.3 Å². The lowest BCUT2D eigenvalue weighted by Gasteiger charge is -2.28. The van der Waals surface area contributed by atoms with Crippen molar-refractivity contribution in [3.8, 4) is 5.69 Å². The van der Waals surface area contributed by atoms with Crippen molar-refractivity contribution in [2.75, 3.05) is 18.0 Å². The summed E-state index contributed by atoms with van der Waals surface area (Å²) in [5, 5.41) is 11.7. The molecule has 0 atom stereocenters. The summed E-state index contributed by atoms with van der Waals surface area (Å²) in [6.07, 6.45) is 4.95. The number of aryl methyl sites for hydroxylation is 1. The third kappa shape index (κ3) is 5.02. The number of carbonyl (C=O) groups excluding carboxylic acids is 2. The molecule has 2 aliphatic heterocycles. The Kier molecular flexibility index (Phi) is 7.45. The Labute approximate surface area is 233 Å². The van der Waals surface area contributed by atoms with E-state index in [-0.39, 0.29) is 28.3 Å². The van der Waals surface area contributed by atoms with Crippen LogP contribution in [-0.2, 0) is 11.3 Å². The molecule has 38 heavy (non-hydrogen) atoms. The Balaban J connectivity index is 1.45. The number of nitro benzene ring substituents is 1. The van der Waals surface area contributed by atoms with Gasteiger partial charge in [-0.1, -0.05) is 34.1 Å². The normalized spacial score (nSPS) is 17.1. The quantitative estimate of drug-likeness (QED) is 0.173. The zero-order valence-corrected chi connectivity index (χ0v) is 23.5. The molecule has 0 spiro atoms. The summed E-state index contributed by atoms with van der Waals surface area (Å²) in [7, 11) is 0. The van der Waals surface area contributed by atoms with Crippen LogP contribution in [0.2, 0.25) is 0 Å². The molecule has 2 fully saturated rings. The SMILES string of the molecule is Cc1cc(/C=C2\SC(=O)N(Cc3ccccc3Br)C2=O)c(C)n1-c1ccc(N2CCCCC2)c([N+](=O)[O-])c1. The van der Waals surface area contributed by atoms with E-state index in [0.29, 0.717) is 16.3 Å². The number of hydrogen-bond acceptors (Lipinski definition) is 6. The van der Waals surface area contributed by atoms with Crippen LogP contribution in [0.1, 0.15) is 41.8 Å². The molecular formula is C28H27BrN4O4S. The number of nitrogens with zero attached hydrogens (tertiary/aromatic N) is 4. The number of nitro groups is 1. The molecule has 0 aliphatic carbocycles. The molecular weight excluding hydrogens is 568 g/mol. The van der Waals surface area contributed by atoms with Crippen LogP contribution in [0.15, 0.2) is 57.9 Å². The molecule has 0 bridgehead atoms. The van der Waals surface area contributed by atoms with E-state index in [2.05, 4.69) is 20.8 Å². The lowest BCUT2D eigenvalue weighted by molar-refractivity contribution is -0.384. The summed E-state index contributed by atoms with van der Waals surface area (Å²) in [5.41, 5.74) is 4.78. The molecule has 2 aliphatic rings. The molecule has 2 saturated heterocycles. The Hall–Kier alpha value is -3.37. The highest BCUT2D eigenvalue weighted by atomic mass is 79.9. The van der Waals surface area contributed by atoms with Gasteiger partial charge in [0.2, 0.25) is 0 Å². The van der Waals surface area contributed by atoms with Crippen LogP contribution in [0.25, 0.3) is 11.8 Å². The smallest absolute Gasteiger partial charge is 0.294 e. The minimum atomic E-state index is -0.331. The van der Waals surface area contributed by atoms with Gasteiger partial charge in [-0.15, -0.1) is 0 Å². The van der Waals surface area contributed by atoms with Gasteiger partial charge in [0.1, 0.15) is 5.69 Å². The number of thioether (sulfide) groups is 1. The third-order valence-corrected chi connectivity index (χ3v) is 8.71. The predicted molar refractivity (Wildman–Crippen MR) is 154 cm³/mol. The van der Waals surface area contributed by atoms with E-state index >= 15 is 0 Å². The predicted octanol–water partition coefficient (Wildman–Crippen LogP) is 6.99. The van der Waals surface area contributed by atoms with Crippen molar-refractivity contribution in [3.63, 3.8) is 0 Å². The van der Waals surface area contributed by atoms with Gasteiger partial charge >= 0.3 is 0 Å². The molecule has 10 heteroatoms. The summed E-state index contributed by atoms with van der Waals surface area (Å²) in [6.45, 7) is 5.67. The van der Waals surface area contributed by atoms with E-state index in [0.717, 1.165) is 71.1 Å². The highest BCUT2D eigenvalue weighted by molar-refractivity contribution is 9.10. The highest BCUT2D eigenvalue weighted by Crippen LogP contribution is 2.37. The van der Waals surface area contributed by atoms with Gasteiger partial charge in [0, 0.05) is 35.0 Å². The van der Waals surface area contributed by atoms with Crippen LogP contribution in [-0.4, -0.2) is 38.6 Å². The van der Waals surface area contributed by atoms with Crippen molar-refractivity contribution in [2.24, 2.45) is 0 Å². The van der Waals surface area contributed by atoms with E-state index in [1.807, 2.05) is 60.9 Å². The molecule has 3 heterocycles. The number of anilines is 1. The molecule has 0 N–H and O–H groups in total. The van der Waals surface area contributed by atoms with E-state index in [1.54, 1.807) is 12.1 Å². The Morgan fingerprint density at radius 1 is 1.05 bits per heavy atom. The fourth-order valence-electron chi connectivity index (χ4n) is 5.10. The first-order valence-corrected chi connectivity index (χ1v) is 14.1. The van der Waals surface area contributed by atoms with Gasteiger partial charge in [-0.3, -0.25) is 24.6 Å². The molecule has 0 radical (unpaired) electrons. The Morgan fingerprint density at radius 2 is 1.79 bits per heavy atom. The number of aromatic nitrogens is 1. The summed E-state index contributed by atoms with van der Waals surface area (Å²) in [6, 6.07) is 14.8. The van der Waals surface area contributed by atoms with E-state index in [4.69, 9.17) is 0 Å². The fraction of sp³-hybridized carbons (Fsp3) is 0.286. The van der Waals surface area contributed by atoms with Gasteiger partial charge < -0.3 is 9.47 Å². The molecule has 8 nitrogen and oxygen atoms in total. The summed E-state index contributed by atoms with van der Waals surface area (Å²) in [4.78, 5) is 41.2. The van der Waals surface area contributed by atoms with Crippen LogP contribution in [0.4, 0.5) is 16.2 Å². The molecule has 1 aromatic heterocycles. The Bertz CT molecular complexity index is 1480. The molecule has 2 amide bonds. The van der Waals surface area contributed by atoms with E-state index in [1.165, 1.54) is 4.90 Å². The first-order chi connectivity index (χ1) is 18.2. The zero-order valence-electron chi connectivity index (χ0n) is 21.1. The summed E-state index contributed by atoms with van der Waals surface area (Å²) in [5.74, 6) is -0.331. The number of amides is 2. The third-order valence-electron chi connectivity index (χ3n) is 7.03. The molecule has 3 aromatic rings. The van der Waals surface area contributed by atoms with Crippen LogP contribution >= 0.6 is 27.7 Å². The van der Waals surface area contributed by atoms with Gasteiger partial charge in [-0.2, -0.15) is 0 Å². The maximum absolute atomic E-state index is 13.1. The minimum absolute atomic E-state index is 0.0895. The van der Waals surface area contributed by atoms with Crippen molar-refractivity contribution in [2.45, 2.75) is 39.7 Å². The van der Waals surface area contributed by atoms with Crippen molar-refractivity contribution < 1.29 is 14.5 Å². The van der Waals surface area contributed by atoms with Crippen LogP contribution < -0.4 is 4.90 Å². The Morgan fingerprint density at radius 3 is 2.50 bits per heavy atom. The first kappa shape index (κ1) is 26.2. The first-order valence-electron chi connectivity index (χ1n) is 12.5. The number of rotatable bonds is 6. The molecule has 0 unspecified atom stereocenters. The lowest BCUT2D eigenvalue weighted by atomic mass is 10.1. The van der Waals surface area contributed by atoms with E-state index < -0.39 is 0 Å². The minimum Gasteiger partial charge on any atom is -0.366 e. The van der Waals surface area contributed by atoms with Gasteiger partial charge in [0.05, 0.1) is 22.1 Å². The zero-order chi connectivity index (χ0) is 27.0. The van der Waals surface area contributed by atoms with Crippen LogP contribution in [0.5, 0.6) is 0 Å². The van der Waals surface area contributed by atoms with Crippen LogP contribution in [0.3, 0.4) is 0 Å². The lowest BCUT2D eigenvalue weighted by Crippen LogP contribution is -2.30. The molecule has 0 saturated carbocycles. The number of carbonyl (C=O) groups is 2. The van der Waals surface area contributed by atoms with Crippen molar-refractivity contribution >= 4 is 56.3 Å². The average Bonchev–Trinajstić information content (AvgIpc) is 3.34. The second-order valence-electron chi connectivity index (χ2n) is 9.50. The van der Waals surface area contributed by atoms with Crippen molar-refractivity contribution in [1.29, 1.82) is 0 Å². The largest absolute Gasteiger partial charge is 0.366 e. The summed E-state index contributed by atoms with van der Waals surface area (Å²) >= 11 is 4.40. The van der Waals surface area contributed by atoms with Crippen molar-refractivity contribution in [3.05, 3.63) is 90.5 Å². The van der Waals surface area contributed by atoms with Gasteiger partial charge in [0.15, 0.2) is 0 Å². The molecule has 5 rings (SSSR count). The van der Waals surface area contributed by atoms with E-state index in [9.17, 15) is 19.7 Å². The van der Waals surface area contributed by atoms with Crippen LogP contribution in [0, 0.1) is 24.0 Å². The second kappa shape index (κ2) is 10.8.